The maximum Gasteiger partial charge on any atom is 0.153 e. The molecule has 0 aliphatic carbocycles. The molecule has 0 bridgehead atoms. The fourth-order valence-electron chi connectivity index (χ4n) is 2.53. The minimum atomic E-state index is 0.356. The van der Waals surface area contributed by atoms with Crippen LogP contribution in [0.4, 0.5) is 0 Å². The summed E-state index contributed by atoms with van der Waals surface area (Å²) in [6.07, 6.45) is 0. The molecule has 0 radical (unpaired) electrons. The van der Waals surface area contributed by atoms with Gasteiger partial charge in [0.25, 0.3) is 0 Å². The van der Waals surface area contributed by atoms with Gasteiger partial charge in [-0.15, -0.1) is 0 Å². The molecule has 108 valence electrons. The van der Waals surface area contributed by atoms with Crippen LogP contribution >= 0.6 is 11.6 Å². The lowest BCUT2D eigenvalue weighted by Crippen LogP contribution is -2.17. The van der Waals surface area contributed by atoms with Crippen molar-refractivity contribution in [3.05, 3.63) is 59.1 Å². The van der Waals surface area contributed by atoms with E-state index in [0.29, 0.717) is 11.1 Å². The molecule has 2 aromatic carbocycles. The first-order chi connectivity index (χ1) is 10.2. The number of hydrogen-bond acceptors (Lipinski definition) is 2. The van der Waals surface area contributed by atoms with Crippen molar-refractivity contribution in [2.24, 2.45) is 0 Å². The summed E-state index contributed by atoms with van der Waals surface area (Å²) in [7, 11) is 0. The van der Waals surface area contributed by atoms with Gasteiger partial charge in [0.15, 0.2) is 5.58 Å². The Bertz CT molecular complexity index is 746. The van der Waals surface area contributed by atoms with Gasteiger partial charge in [0.2, 0.25) is 0 Å². The molecule has 0 amide bonds. The van der Waals surface area contributed by atoms with Crippen molar-refractivity contribution in [1.82, 2.24) is 5.32 Å². The molecule has 0 saturated carbocycles. The summed E-state index contributed by atoms with van der Waals surface area (Å²) in [4.78, 5) is 0. The Kier molecular flexibility index (Phi) is 4.00. The van der Waals surface area contributed by atoms with Gasteiger partial charge in [0.1, 0.15) is 5.76 Å². The molecule has 3 rings (SSSR count). The van der Waals surface area contributed by atoms with E-state index in [1.54, 1.807) is 0 Å². The normalized spacial score (nSPS) is 12.7. The summed E-state index contributed by atoms with van der Waals surface area (Å²) in [5, 5.41) is 5.09. The maximum absolute atomic E-state index is 6.16. The van der Waals surface area contributed by atoms with Crippen LogP contribution in [0.1, 0.15) is 25.5 Å². The highest BCUT2D eigenvalue weighted by atomic mass is 35.5. The number of furan rings is 1. The van der Waals surface area contributed by atoms with Crippen molar-refractivity contribution in [2.75, 3.05) is 6.54 Å². The molecule has 1 N–H and O–H groups in total. The van der Waals surface area contributed by atoms with E-state index in [1.165, 1.54) is 5.56 Å². The molecule has 0 saturated heterocycles. The summed E-state index contributed by atoms with van der Waals surface area (Å²) < 4.78 is 5.89. The zero-order chi connectivity index (χ0) is 14.8. The number of benzene rings is 2. The average molecular weight is 300 g/mol. The molecular weight excluding hydrogens is 282 g/mol. The van der Waals surface area contributed by atoms with E-state index in [0.717, 1.165) is 28.8 Å². The Labute approximate surface area is 129 Å². The van der Waals surface area contributed by atoms with E-state index in [-0.39, 0.29) is 0 Å². The SMILES string of the molecule is CCNC(C)c1ccc(-c2cc3cccc(Cl)c3o2)cc1. The number of rotatable bonds is 4. The van der Waals surface area contributed by atoms with Crippen molar-refractivity contribution in [3.8, 4) is 11.3 Å². The van der Waals surface area contributed by atoms with Crippen molar-refractivity contribution >= 4 is 22.6 Å². The molecule has 0 aliphatic rings. The van der Waals surface area contributed by atoms with E-state index in [9.17, 15) is 0 Å². The minimum Gasteiger partial charge on any atom is -0.455 e. The van der Waals surface area contributed by atoms with E-state index in [2.05, 4.69) is 43.4 Å². The topological polar surface area (TPSA) is 25.2 Å². The van der Waals surface area contributed by atoms with Gasteiger partial charge in [-0.1, -0.05) is 54.9 Å². The van der Waals surface area contributed by atoms with Gasteiger partial charge in [-0.3, -0.25) is 0 Å². The number of nitrogens with one attached hydrogen (secondary N) is 1. The lowest BCUT2D eigenvalue weighted by atomic mass is 10.0. The van der Waals surface area contributed by atoms with E-state index < -0.39 is 0 Å². The van der Waals surface area contributed by atoms with Crippen molar-refractivity contribution in [2.45, 2.75) is 19.9 Å². The third-order valence-electron chi connectivity index (χ3n) is 3.70. The van der Waals surface area contributed by atoms with E-state index in [1.807, 2.05) is 24.3 Å². The van der Waals surface area contributed by atoms with Crippen molar-refractivity contribution in [1.29, 1.82) is 0 Å². The molecular formula is C18H18ClNO. The second-order valence-electron chi connectivity index (χ2n) is 5.17. The molecule has 3 aromatic rings. The molecule has 0 fully saturated rings. The Morgan fingerprint density at radius 3 is 2.57 bits per heavy atom. The Morgan fingerprint density at radius 1 is 1.14 bits per heavy atom. The zero-order valence-electron chi connectivity index (χ0n) is 12.2. The minimum absolute atomic E-state index is 0.356. The second kappa shape index (κ2) is 5.92. The van der Waals surface area contributed by atoms with Gasteiger partial charge in [-0.2, -0.15) is 0 Å². The molecule has 3 heteroatoms. The average Bonchev–Trinajstić information content (AvgIpc) is 2.93. The third kappa shape index (κ3) is 2.82. The van der Waals surface area contributed by atoms with Crippen LogP contribution in [0.25, 0.3) is 22.3 Å². The van der Waals surface area contributed by atoms with Gasteiger partial charge in [0.05, 0.1) is 5.02 Å². The summed E-state index contributed by atoms with van der Waals surface area (Å²) in [6.45, 7) is 5.24. The van der Waals surface area contributed by atoms with E-state index >= 15 is 0 Å². The monoisotopic (exact) mass is 299 g/mol. The number of fused-ring (bicyclic) bond motifs is 1. The highest BCUT2D eigenvalue weighted by Gasteiger charge is 2.09. The van der Waals surface area contributed by atoms with Gasteiger partial charge in [-0.25, -0.2) is 0 Å². The Hall–Kier alpha value is -1.77. The Balaban J connectivity index is 1.94. The lowest BCUT2D eigenvalue weighted by molar-refractivity contribution is 0.598. The van der Waals surface area contributed by atoms with Crippen molar-refractivity contribution in [3.63, 3.8) is 0 Å². The second-order valence-corrected chi connectivity index (χ2v) is 5.58. The number of hydrogen-bond donors (Lipinski definition) is 1. The summed E-state index contributed by atoms with van der Waals surface area (Å²) >= 11 is 6.16. The largest absolute Gasteiger partial charge is 0.455 e. The lowest BCUT2D eigenvalue weighted by Gasteiger charge is -2.12. The van der Waals surface area contributed by atoms with Crippen LogP contribution in [0.5, 0.6) is 0 Å². The van der Waals surface area contributed by atoms with Crippen LogP contribution in [0, 0.1) is 0 Å². The first-order valence-corrected chi connectivity index (χ1v) is 7.58. The van der Waals surface area contributed by atoms with Crippen molar-refractivity contribution < 1.29 is 4.42 Å². The van der Waals surface area contributed by atoms with Crippen LogP contribution in [-0.4, -0.2) is 6.54 Å². The molecule has 2 nitrogen and oxygen atoms in total. The van der Waals surface area contributed by atoms with Gasteiger partial charge < -0.3 is 9.73 Å². The zero-order valence-corrected chi connectivity index (χ0v) is 12.9. The first-order valence-electron chi connectivity index (χ1n) is 7.21. The maximum atomic E-state index is 6.16. The third-order valence-corrected chi connectivity index (χ3v) is 4.00. The van der Waals surface area contributed by atoms with Crippen LogP contribution in [-0.2, 0) is 0 Å². The van der Waals surface area contributed by atoms with Crippen LogP contribution < -0.4 is 5.32 Å². The highest BCUT2D eigenvalue weighted by Crippen LogP contribution is 2.32. The molecule has 1 heterocycles. The fourth-order valence-corrected chi connectivity index (χ4v) is 2.75. The predicted molar refractivity (Wildman–Crippen MR) is 88.8 cm³/mol. The summed E-state index contributed by atoms with van der Waals surface area (Å²) in [6, 6.07) is 16.6. The molecule has 1 unspecified atom stereocenters. The summed E-state index contributed by atoms with van der Waals surface area (Å²) in [5.74, 6) is 0.848. The fraction of sp³-hybridized carbons (Fsp3) is 0.222. The van der Waals surface area contributed by atoms with Crippen LogP contribution in [0.3, 0.4) is 0 Å². The summed E-state index contributed by atoms with van der Waals surface area (Å²) in [5.41, 5.74) is 3.09. The molecule has 1 aromatic heterocycles. The number of para-hydroxylation sites is 1. The predicted octanol–water partition coefficient (Wildman–Crippen LogP) is 5.42. The van der Waals surface area contributed by atoms with E-state index in [4.69, 9.17) is 16.0 Å². The highest BCUT2D eigenvalue weighted by molar-refractivity contribution is 6.34. The van der Waals surface area contributed by atoms with Crippen LogP contribution in [0.2, 0.25) is 5.02 Å². The van der Waals surface area contributed by atoms with Gasteiger partial charge >= 0.3 is 0 Å². The van der Waals surface area contributed by atoms with Crippen LogP contribution in [0.15, 0.2) is 52.9 Å². The molecule has 1 atom stereocenters. The molecule has 0 spiro atoms. The molecule has 21 heavy (non-hydrogen) atoms. The standard InChI is InChI=1S/C18H18ClNO/c1-3-20-12(2)13-7-9-14(10-8-13)17-11-15-5-4-6-16(19)18(15)21-17/h4-12,20H,3H2,1-2H3. The van der Waals surface area contributed by atoms with Gasteiger partial charge in [0, 0.05) is 17.0 Å². The quantitative estimate of drug-likeness (QED) is 0.695. The number of halogens is 1. The van der Waals surface area contributed by atoms with Gasteiger partial charge in [-0.05, 0) is 31.2 Å². The molecule has 0 aliphatic heterocycles. The smallest absolute Gasteiger partial charge is 0.153 e. The Morgan fingerprint density at radius 2 is 1.90 bits per heavy atom. The first kappa shape index (κ1) is 14.2.